The van der Waals surface area contributed by atoms with Gasteiger partial charge in [-0.25, -0.2) is 8.42 Å². The molecule has 0 aliphatic carbocycles. The fraction of sp³-hybridized carbons (Fsp3) is 0.750. The van der Waals surface area contributed by atoms with E-state index < -0.39 is 10.0 Å². The highest BCUT2D eigenvalue weighted by Gasteiger charge is 2.28. The van der Waals surface area contributed by atoms with Gasteiger partial charge in [-0.15, -0.1) is 0 Å². The van der Waals surface area contributed by atoms with Gasteiger partial charge < -0.3 is 5.73 Å². The lowest BCUT2D eigenvalue weighted by atomic mass is 10.2. The van der Waals surface area contributed by atoms with Crippen LogP contribution in [0.5, 0.6) is 0 Å². The number of nitrogens with zero attached hydrogens (tertiary/aromatic N) is 3. The van der Waals surface area contributed by atoms with Crippen molar-refractivity contribution in [1.29, 1.82) is 0 Å². The molecule has 0 saturated carbocycles. The fourth-order valence-corrected chi connectivity index (χ4v) is 3.57. The SMILES string of the molecule is CC(C)CN(C(C)C)S(=O)(=O)c1cnn(CCN)c1. The number of rotatable bonds is 7. The van der Waals surface area contributed by atoms with Crippen LogP contribution in [-0.2, 0) is 16.6 Å². The zero-order valence-electron chi connectivity index (χ0n) is 12.1. The van der Waals surface area contributed by atoms with Crippen molar-refractivity contribution in [1.82, 2.24) is 14.1 Å². The molecule has 19 heavy (non-hydrogen) atoms. The van der Waals surface area contributed by atoms with Crippen LogP contribution in [0.2, 0.25) is 0 Å². The topological polar surface area (TPSA) is 81.2 Å². The third kappa shape index (κ3) is 4.02. The minimum absolute atomic E-state index is 0.0785. The summed E-state index contributed by atoms with van der Waals surface area (Å²) in [6.45, 7) is 9.21. The number of hydrogen-bond acceptors (Lipinski definition) is 4. The van der Waals surface area contributed by atoms with E-state index in [0.29, 0.717) is 19.6 Å². The van der Waals surface area contributed by atoms with Crippen LogP contribution in [0.3, 0.4) is 0 Å². The minimum atomic E-state index is -3.48. The summed E-state index contributed by atoms with van der Waals surface area (Å²) in [4.78, 5) is 0.232. The summed E-state index contributed by atoms with van der Waals surface area (Å²) in [5, 5.41) is 4.02. The van der Waals surface area contributed by atoms with Gasteiger partial charge in [-0.1, -0.05) is 13.8 Å². The Morgan fingerprint density at radius 3 is 2.47 bits per heavy atom. The molecule has 0 spiro atoms. The average molecular weight is 288 g/mol. The molecule has 0 unspecified atom stereocenters. The lowest BCUT2D eigenvalue weighted by molar-refractivity contribution is 0.319. The van der Waals surface area contributed by atoms with E-state index in [1.54, 1.807) is 4.68 Å². The van der Waals surface area contributed by atoms with Gasteiger partial charge in [-0.2, -0.15) is 9.40 Å². The van der Waals surface area contributed by atoms with Crippen LogP contribution in [0.1, 0.15) is 27.7 Å². The lowest BCUT2D eigenvalue weighted by Crippen LogP contribution is -2.39. The Hall–Kier alpha value is -0.920. The molecule has 1 aromatic heterocycles. The van der Waals surface area contributed by atoms with Gasteiger partial charge in [-0.05, 0) is 19.8 Å². The number of hydrogen-bond donors (Lipinski definition) is 1. The van der Waals surface area contributed by atoms with E-state index in [1.807, 2.05) is 27.7 Å². The number of aromatic nitrogens is 2. The Bertz CT molecular complexity index is 494. The minimum Gasteiger partial charge on any atom is -0.329 e. The summed E-state index contributed by atoms with van der Waals surface area (Å²) >= 11 is 0. The molecule has 110 valence electrons. The Morgan fingerprint density at radius 2 is 2.00 bits per heavy atom. The first-order valence-corrected chi connectivity index (χ1v) is 7.97. The predicted octanol–water partition coefficient (Wildman–Crippen LogP) is 0.897. The molecule has 0 fully saturated rings. The summed E-state index contributed by atoms with van der Waals surface area (Å²) in [5.74, 6) is 0.274. The Balaban J connectivity index is 3.04. The molecule has 0 bridgehead atoms. The monoisotopic (exact) mass is 288 g/mol. The molecule has 0 radical (unpaired) electrons. The van der Waals surface area contributed by atoms with Crippen molar-refractivity contribution in [3.8, 4) is 0 Å². The van der Waals surface area contributed by atoms with Gasteiger partial charge in [0.15, 0.2) is 0 Å². The first-order valence-electron chi connectivity index (χ1n) is 6.53. The largest absolute Gasteiger partial charge is 0.329 e. The van der Waals surface area contributed by atoms with Crippen molar-refractivity contribution in [2.75, 3.05) is 13.1 Å². The second-order valence-electron chi connectivity index (χ2n) is 5.29. The van der Waals surface area contributed by atoms with Crippen molar-refractivity contribution >= 4 is 10.0 Å². The maximum Gasteiger partial charge on any atom is 0.246 e. The van der Waals surface area contributed by atoms with Crippen LogP contribution >= 0.6 is 0 Å². The molecule has 0 amide bonds. The molecule has 0 aliphatic rings. The molecular weight excluding hydrogens is 264 g/mol. The Morgan fingerprint density at radius 1 is 1.37 bits per heavy atom. The summed E-state index contributed by atoms with van der Waals surface area (Å²) in [6, 6.07) is -0.0785. The maximum absolute atomic E-state index is 12.6. The smallest absolute Gasteiger partial charge is 0.246 e. The van der Waals surface area contributed by atoms with Crippen LogP contribution in [0.15, 0.2) is 17.3 Å². The third-order valence-corrected chi connectivity index (χ3v) is 4.69. The highest BCUT2D eigenvalue weighted by atomic mass is 32.2. The van der Waals surface area contributed by atoms with Crippen LogP contribution in [-0.4, -0.2) is 41.6 Å². The Labute approximate surface area is 115 Å². The van der Waals surface area contributed by atoms with Crippen molar-refractivity contribution in [2.24, 2.45) is 11.7 Å². The van der Waals surface area contributed by atoms with Gasteiger partial charge in [-0.3, -0.25) is 4.68 Å². The second kappa shape index (κ2) is 6.49. The van der Waals surface area contributed by atoms with E-state index in [4.69, 9.17) is 5.73 Å². The second-order valence-corrected chi connectivity index (χ2v) is 7.18. The molecule has 1 rings (SSSR count). The van der Waals surface area contributed by atoms with Gasteiger partial charge >= 0.3 is 0 Å². The molecule has 7 heteroatoms. The summed E-state index contributed by atoms with van der Waals surface area (Å²) < 4.78 is 28.2. The van der Waals surface area contributed by atoms with Gasteiger partial charge in [0.25, 0.3) is 0 Å². The molecule has 0 aliphatic heterocycles. The van der Waals surface area contributed by atoms with Crippen molar-refractivity contribution in [3.05, 3.63) is 12.4 Å². The van der Waals surface area contributed by atoms with Crippen LogP contribution in [0, 0.1) is 5.92 Å². The fourth-order valence-electron chi connectivity index (χ4n) is 1.81. The first kappa shape index (κ1) is 16.1. The van der Waals surface area contributed by atoms with E-state index in [9.17, 15) is 8.42 Å². The average Bonchev–Trinajstić information content (AvgIpc) is 2.75. The van der Waals surface area contributed by atoms with Gasteiger partial charge in [0.05, 0.1) is 12.7 Å². The zero-order valence-corrected chi connectivity index (χ0v) is 12.9. The first-order chi connectivity index (χ1) is 8.78. The van der Waals surface area contributed by atoms with Gasteiger partial charge in [0.1, 0.15) is 4.90 Å². The van der Waals surface area contributed by atoms with E-state index in [-0.39, 0.29) is 16.9 Å². The van der Waals surface area contributed by atoms with Crippen LogP contribution in [0.4, 0.5) is 0 Å². The highest BCUT2D eigenvalue weighted by molar-refractivity contribution is 7.89. The van der Waals surface area contributed by atoms with E-state index in [2.05, 4.69) is 5.10 Å². The maximum atomic E-state index is 12.6. The quantitative estimate of drug-likeness (QED) is 0.808. The predicted molar refractivity (Wildman–Crippen MR) is 75.1 cm³/mol. The van der Waals surface area contributed by atoms with E-state index in [1.165, 1.54) is 16.7 Å². The van der Waals surface area contributed by atoms with Gasteiger partial charge in [0, 0.05) is 25.3 Å². The van der Waals surface area contributed by atoms with Crippen molar-refractivity contribution < 1.29 is 8.42 Å². The molecule has 1 heterocycles. The molecule has 2 N–H and O–H groups in total. The third-order valence-electron chi connectivity index (χ3n) is 2.70. The zero-order chi connectivity index (χ0) is 14.6. The number of nitrogens with two attached hydrogens (primary N) is 1. The van der Waals surface area contributed by atoms with Crippen molar-refractivity contribution in [2.45, 2.75) is 45.2 Å². The van der Waals surface area contributed by atoms with E-state index >= 15 is 0 Å². The normalized spacial score (nSPS) is 12.8. The van der Waals surface area contributed by atoms with Crippen LogP contribution in [0.25, 0.3) is 0 Å². The molecule has 6 nitrogen and oxygen atoms in total. The summed E-state index contributed by atoms with van der Waals surface area (Å²) in [6.07, 6.45) is 2.93. The summed E-state index contributed by atoms with van der Waals surface area (Å²) in [5.41, 5.74) is 5.43. The highest BCUT2D eigenvalue weighted by Crippen LogP contribution is 2.19. The molecule has 1 aromatic rings. The number of sulfonamides is 1. The summed E-state index contributed by atoms with van der Waals surface area (Å²) in [7, 11) is -3.48. The van der Waals surface area contributed by atoms with Crippen molar-refractivity contribution in [3.63, 3.8) is 0 Å². The Kier molecular flexibility index (Phi) is 5.51. The van der Waals surface area contributed by atoms with E-state index in [0.717, 1.165) is 0 Å². The standard InChI is InChI=1S/C12H24N4O2S/c1-10(2)8-16(11(3)4)19(17,18)12-7-14-15(9-12)6-5-13/h7,9-11H,5-6,8,13H2,1-4H3. The molecule has 0 aromatic carbocycles. The van der Waals surface area contributed by atoms with Crippen LogP contribution < -0.4 is 5.73 Å². The lowest BCUT2D eigenvalue weighted by Gasteiger charge is -2.26. The van der Waals surface area contributed by atoms with Gasteiger partial charge in [0.2, 0.25) is 10.0 Å². The molecular formula is C12H24N4O2S. The molecule has 0 atom stereocenters. The molecule has 0 saturated heterocycles.